The number of halogens is 1. The molecule has 16 heavy (non-hydrogen) atoms. The third kappa shape index (κ3) is 2.52. The average Bonchev–Trinajstić information content (AvgIpc) is 2.64. The summed E-state index contributed by atoms with van der Waals surface area (Å²) >= 11 is 2.23. The van der Waals surface area contributed by atoms with Crippen molar-refractivity contribution in [2.75, 3.05) is 11.9 Å². The molecule has 0 bridgehead atoms. The van der Waals surface area contributed by atoms with Gasteiger partial charge in [0.1, 0.15) is 23.7 Å². The molecule has 2 aromatic rings. The van der Waals surface area contributed by atoms with E-state index in [1.165, 1.54) is 0 Å². The summed E-state index contributed by atoms with van der Waals surface area (Å²) < 4.78 is 6.56. The van der Waals surface area contributed by atoms with E-state index in [-0.39, 0.29) is 0 Å². The van der Waals surface area contributed by atoms with Gasteiger partial charge in [0.15, 0.2) is 0 Å². The Bertz CT molecular complexity index is 484. The molecular weight excluding hydrogens is 317 g/mol. The summed E-state index contributed by atoms with van der Waals surface area (Å²) in [5.74, 6) is 2.79. The van der Waals surface area contributed by atoms with Crippen molar-refractivity contribution < 1.29 is 4.42 Å². The first-order valence-electron chi connectivity index (χ1n) is 4.89. The van der Waals surface area contributed by atoms with Crippen LogP contribution in [0.25, 0.3) is 0 Å². The van der Waals surface area contributed by atoms with Crippen molar-refractivity contribution in [1.82, 2.24) is 9.97 Å². The number of furan rings is 1. The Morgan fingerprint density at radius 2 is 2.25 bits per heavy atom. The van der Waals surface area contributed by atoms with Crippen LogP contribution in [0.15, 0.2) is 29.1 Å². The van der Waals surface area contributed by atoms with Crippen molar-refractivity contribution in [2.24, 2.45) is 0 Å². The van der Waals surface area contributed by atoms with Crippen molar-refractivity contribution in [3.05, 3.63) is 39.7 Å². The first kappa shape index (κ1) is 11.4. The van der Waals surface area contributed by atoms with Gasteiger partial charge in [-0.2, -0.15) is 0 Å². The third-order valence-electron chi connectivity index (χ3n) is 2.20. The SMILES string of the molecule is Cc1ccc(CN(C)c2ncncc2I)o1. The van der Waals surface area contributed by atoms with E-state index in [9.17, 15) is 0 Å². The lowest BCUT2D eigenvalue weighted by molar-refractivity contribution is 0.481. The summed E-state index contributed by atoms with van der Waals surface area (Å²) in [6.45, 7) is 2.65. The lowest BCUT2D eigenvalue weighted by Crippen LogP contribution is -2.18. The van der Waals surface area contributed by atoms with Crippen LogP contribution in [0.1, 0.15) is 11.5 Å². The molecule has 84 valence electrons. The van der Waals surface area contributed by atoms with Gasteiger partial charge in [-0.05, 0) is 41.6 Å². The highest BCUT2D eigenvalue weighted by Gasteiger charge is 2.09. The molecule has 0 radical (unpaired) electrons. The molecule has 4 nitrogen and oxygen atoms in total. The molecule has 0 aliphatic heterocycles. The zero-order valence-electron chi connectivity index (χ0n) is 9.14. The van der Waals surface area contributed by atoms with Crippen LogP contribution in [0.5, 0.6) is 0 Å². The fourth-order valence-electron chi connectivity index (χ4n) is 1.47. The molecule has 2 heterocycles. The van der Waals surface area contributed by atoms with Gasteiger partial charge in [0.2, 0.25) is 0 Å². The lowest BCUT2D eigenvalue weighted by atomic mass is 10.4. The molecule has 0 saturated carbocycles. The molecule has 0 spiro atoms. The Labute approximate surface area is 108 Å². The summed E-state index contributed by atoms with van der Waals surface area (Å²) in [6, 6.07) is 3.95. The summed E-state index contributed by atoms with van der Waals surface area (Å²) in [5.41, 5.74) is 0. The number of aromatic nitrogens is 2. The minimum atomic E-state index is 0.709. The Hall–Kier alpha value is -1.11. The standard InChI is InChI=1S/C11H12IN3O/c1-8-3-4-9(16-8)6-15(2)11-10(12)5-13-7-14-11/h3-5,7H,6H2,1-2H3. The normalized spacial score (nSPS) is 10.4. The topological polar surface area (TPSA) is 42.2 Å². The van der Waals surface area contributed by atoms with E-state index in [1.807, 2.05) is 31.0 Å². The Morgan fingerprint density at radius 1 is 1.44 bits per heavy atom. The second-order valence-electron chi connectivity index (χ2n) is 3.56. The smallest absolute Gasteiger partial charge is 0.145 e. The van der Waals surface area contributed by atoms with Gasteiger partial charge in [-0.1, -0.05) is 0 Å². The van der Waals surface area contributed by atoms with E-state index in [2.05, 4.69) is 32.6 Å². The molecule has 0 aliphatic carbocycles. The van der Waals surface area contributed by atoms with Crippen LogP contribution < -0.4 is 4.90 Å². The monoisotopic (exact) mass is 329 g/mol. The number of hydrogen-bond donors (Lipinski definition) is 0. The van der Waals surface area contributed by atoms with Gasteiger partial charge in [0.25, 0.3) is 0 Å². The zero-order chi connectivity index (χ0) is 11.5. The largest absolute Gasteiger partial charge is 0.464 e. The van der Waals surface area contributed by atoms with Crippen LogP contribution in [0.2, 0.25) is 0 Å². The van der Waals surface area contributed by atoms with Gasteiger partial charge in [-0.15, -0.1) is 0 Å². The second kappa shape index (κ2) is 4.82. The number of nitrogens with zero attached hydrogens (tertiary/aromatic N) is 3. The maximum atomic E-state index is 5.53. The average molecular weight is 329 g/mol. The maximum Gasteiger partial charge on any atom is 0.145 e. The molecule has 0 aromatic carbocycles. The number of anilines is 1. The minimum absolute atomic E-state index is 0.709. The highest BCUT2D eigenvalue weighted by Crippen LogP contribution is 2.19. The first-order chi connectivity index (χ1) is 7.66. The molecular formula is C11H12IN3O. The van der Waals surface area contributed by atoms with Crippen molar-refractivity contribution in [2.45, 2.75) is 13.5 Å². The van der Waals surface area contributed by atoms with Crippen LogP contribution in [0.4, 0.5) is 5.82 Å². The van der Waals surface area contributed by atoms with Crippen LogP contribution in [-0.4, -0.2) is 17.0 Å². The zero-order valence-corrected chi connectivity index (χ0v) is 11.3. The van der Waals surface area contributed by atoms with E-state index in [0.29, 0.717) is 6.54 Å². The van der Waals surface area contributed by atoms with Gasteiger partial charge in [-0.3, -0.25) is 0 Å². The van der Waals surface area contributed by atoms with Crippen molar-refractivity contribution in [3.8, 4) is 0 Å². The number of rotatable bonds is 3. The molecule has 0 atom stereocenters. The van der Waals surface area contributed by atoms with Crippen molar-refractivity contribution >= 4 is 28.4 Å². The van der Waals surface area contributed by atoms with Gasteiger partial charge < -0.3 is 9.32 Å². The van der Waals surface area contributed by atoms with E-state index in [1.54, 1.807) is 12.5 Å². The molecule has 0 saturated heterocycles. The third-order valence-corrected chi connectivity index (χ3v) is 2.96. The van der Waals surface area contributed by atoms with Crippen LogP contribution in [-0.2, 0) is 6.54 Å². The highest BCUT2D eigenvalue weighted by molar-refractivity contribution is 14.1. The van der Waals surface area contributed by atoms with Crippen LogP contribution in [0, 0.1) is 10.5 Å². The molecule has 0 unspecified atom stereocenters. The Balaban J connectivity index is 2.14. The minimum Gasteiger partial charge on any atom is -0.464 e. The van der Waals surface area contributed by atoms with Gasteiger partial charge >= 0.3 is 0 Å². The Kier molecular flexibility index (Phi) is 3.42. The van der Waals surface area contributed by atoms with E-state index < -0.39 is 0 Å². The summed E-state index contributed by atoms with van der Waals surface area (Å²) in [4.78, 5) is 10.3. The van der Waals surface area contributed by atoms with E-state index in [0.717, 1.165) is 20.9 Å². The summed E-state index contributed by atoms with van der Waals surface area (Å²) in [5, 5.41) is 0. The predicted molar refractivity (Wildman–Crippen MR) is 70.3 cm³/mol. The summed E-state index contributed by atoms with van der Waals surface area (Å²) in [6.07, 6.45) is 3.36. The lowest BCUT2D eigenvalue weighted by Gasteiger charge is -2.17. The van der Waals surface area contributed by atoms with Gasteiger partial charge in [-0.25, -0.2) is 9.97 Å². The quantitative estimate of drug-likeness (QED) is 0.812. The Morgan fingerprint density at radius 3 is 2.88 bits per heavy atom. The molecule has 2 rings (SSSR count). The van der Waals surface area contributed by atoms with Crippen molar-refractivity contribution in [1.29, 1.82) is 0 Å². The van der Waals surface area contributed by atoms with Crippen LogP contribution in [0.3, 0.4) is 0 Å². The van der Waals surface area contributed by atoms with Gasteiger partial charge in [0, 0.05) is 13.2 Å². The summed E-state index contributed by atoms with van der Waals surface area (Å²) in [7, 11) is 1.99. The molecule has 0 fully saturated rings. The van der Waals surface area contributed by atoms with Crippen molar-refractivity contribution in [3.63, 3.8) is 0 Å². The fourth-order valence-corrected chi connectivity index (χ4v) is 2.18. The highest BCUT2D eigenvalue weighted by atomic mass is 127. The molecule has 0 amide bonds. The molecule has 0 aliphatic rings. The second-order valence-corrected chi connectivity index (χ2v) is 4.72. The van der Waals surface area contributed by atoms with E-state index >= 15 is 0 Å². The number of aryl methyl sites for hydroxylation is 1. The van der Waals surface area contributed by atoms with E-state index in [4.69, 9.17) is 4.42 Å². The number of hydrogen-bond acceptors (Lipinski definition) is 4. The first-order valence-corrected chi connectivity index (χ1v) is 5.96. The van der Waals surface area contributed by atoms with Gasteiger partial charge in [0.05, 0.1) is 10.1 Å². The maximum absolute atomic E-state index is 5.53. The molecule has 5 heteroatoms. The fraction of sp³-hybridized carbons (Fsp3) is 0.273. The molecule has 2 aromatic heterocycles. The van der Waals surface area contributed by atoms with Crippen LogP contribution >= 0.6 is 22.6 Å². The molecule has 0 N–H and O–H groups in total. The predicted octanol–water partition coefficient (Wildman–Crippen LogP) is 2.62.